The summed E-state index contributed by atoms with van der Waals surface area (Å²) >= 11 is 3.65. The Morgan fingerprint density at radius 3 is 2.19 bits per heavy atom. The van der Waals surface area contributed by atoms with E-state index < -0.39 is 0 Å². The zero-order chi connectivity index (χ0) is 12.1. The van der Waals surface area contributed by atoms with Crippen molar-refractivity contribution in [2.75, 3.05) is 18.9 Å². The Morgan fingerprint density at radius 2 is 1.75 bits per heavy atom. The maximum atomic E-state index is 3.65. The molecule has 0 aromatic carbocycles. The van der Waals surface area contributed by atoms with Crippen LogP contribution in [0.5, 0.6) is 0 Å². The molecule has 0 N–H and O–H groups in total. The molecule has 96 valence electrons. The van der Waals surface area contributed by atoms with Crippen LogP contribution in [0.4, 0.5) is 0 Å². The van der Waals surface area contributed by atoms with E-state index in [-0.39, 0.29) is 0 Å². The van der Waals surface area contributed by atoms with Crippen molar-refractivity contribution in [3.05, 3.63) is 0 Å². The van der Waals surface area contributed by atoms with Crippen LogP contribution >= 0.6 is 15.9 Å². The topological polar surface area (TPSA) is 3.24 Å². The van der Waals surface area contributed by atoms with Crippen molar-refractivity contribution < 1.29 is 0 Å². The maximum absolute atomic E-state index is 3.65. The van der Waals surface area contributed by atoms with Crippen LogP contribution in [-0.4, -0.2) is 29.9 Å². The Morgan fingerprint density at radius 1 is 1.19 bits per heavy atom. The lowest BCUT2D eigenvalue weighted by Gasteiger charge is -2.36. The van der Waals surface area contributed by atoms with Gasteiger partial charge in [0.15, 0.2) is 0 Å². The summed E-state index contributed by atoms with van der Waals surface area (Å²) in [5, 5.41) is 1.14. The van der Waals surface area contributed by atoms with Crippen molar-refractivity contribution in [3.8, 4) is 0 Å². The van der Waals surface area contributed by atoms with E-state index in [1.165, 1.54) is 32.2 Å². The predicted molar refractivity (Wildman–Crippen MR) is 76.2 cm³/mol. The molecule has 1 fully saturated rings. The van der Waals surface area contributed by atoms with Gasteiger partial charge in [-0.1, -0.05) is 36.7 Å². The van der Waals surface area contributed by atoms with E-state index >= 15 is 0 Å². The van der Waals surface area contributed by atoms with E-state index in [1.54, 1.807) is 0 Å². The predicted octanol–water partition coefficient (Wildman–Crippen LogP) is 4.16. The fourth-order valence-electron chi connectivity index (χ4n) is 2.64. The number of alkyl halides is 1. The summed E-state index contributed by atoms with van der Waals surface area (Å²) in [4.78, 5) is 2.61. The van der Waals surface area contributed by atoms with Crippen LogP contribution < -0.4 is 0 Å². The van der Waals surface area contributed by atoms with Gasteiger partial charge in [-0.15, -0.1) is 0 Å². The highest BCUT2D eigenvalue weighted by atomic mass is 79.9. The molecule has 0 aromatic heterocycles. The largest absolute Gasteiger partial charge is 0.303 e. The molecule has 16 heavy (non-hydrogen) atoms. The molecule has 1 nitrogen and oxygen atoms in total. The Hall–Kier alpha value is 0.440. The van der Waals surface area contributed by atoms with Crippen molar-refractivity contribution in [1.29, 1.82) is 0 Å². The highest BCUT2D eigenvalue weighted by Gasteiger charge is 2.24. The van der Waals surface area contributed by atoms with Crippen LogP contribution in [0, 0.1) is 17.8 Å². The molecule has 0 saturated heterocycles. The van der Waals surface area contributed by atoms with Crippen molar-refractivity contribution >= 4 is 15.9 Å². The molecule has 1 atom stereocenters. The average molecular weight is 290 g/mol. The van der Waals surface area contributed by atoms with Crippen LogP contribution in [-0.2, 0) is 0 Å². The maximum Gasteiger partial charge on any atom is 0.00925 e. The van der Waals surface area contributed by atoms with Crippen LogP contribution in [0.15, 0.2) is 0 Å². The first-order valence-electron chi connectivity index (χ1n) is 6.80. The summed E-state index contributed by atoms with van der Waals surface area (Å²) in [6.45, 7) is 8.32. The van der Waals surface area contributed by atoms with Crippen LogP contribution in [0.2, 0.25) is 0 Å². The second-order valence-electron chi connectivity index (χ2n) is 6.01. The smallest absolute Gasteiger partial charge is 0.00925 e. The van der Waals surface area contributed by atoms with Gasteiger partial charge < -0.3 is 4.90 Å². The molecule has 0 aliphatic heterocycles. The molecule has 0 radical (unpaired) electrons. The normalized spacial score (nSPS) is 28.7. The minimum Gasteiger partial charge on any atom is -0.303 e. The van der Waals surface area contributed by atoms with Gasteiger partial charge >= 0.3 is 0 Å². The lowest BCUT2D eigenvalue weighted by molar-refractivity contribution is 0.143. The molecule has 1 aliphatic carbocycles. The summed E-state index contributed by atoms with van der Waals surface area (Å²) < 4.78 is 0. The van der Waals surface area contributed by atoms with Gasteiger partial charge in [0.1, 0.15) is 0 Å². The van der Waals surface area contributed by atoms with Crippen molar-refractivity contribution in [3.63, 3.8) is 0 Å². The first-order chi connectivity index (χ1) is 7.54. The Kier molecular flexibility index (Phi) is 6.35. The molecule has 1 rings (SSSR count). The number of hydrogen-bond donors (Lipinski definition) is 0. The third-order valence-corrected chi connectivity index (χ3v) is 5.10. The van der Waals surface area contributed by atoms with Gasteiger partial charge in [-0.3, -0.25) is 0 Å². The summed E-state index contributed by atoms with van der Waals surface area (Å²) in [7, 11) is 2.32. The van der Waals surface area contributed by atoms with Crippen molar-refractivity contribution in [2.24, 2.45) is 17.8 Å². The first-order valence-corrected chi connectivity index (χ1v) is 7.93. The third kappa shape index (κ3) is 4.37. The van der Waals surface area contributed by atoms with Gasteiger partial charge in [0.05, 0.1) is 0 Å². The van der Waals surface area contributed by atoms with Crippen LogP contribution in [0.1, 0.15) is 46.5 Å². The van der Waals surface area contributed by atoms with Gasteiger partial charge in [0.25, 0.3) is 0 Å². The quantitative estimate of drug-likeness (QED) is 0.687. The van der Waals surface area contributed by atoms with Gasteiger partial charge in [-0.05, 0) is 50.5 Å². The Bertz CT molecular complexity index is 185. The van der Waals surface area contributed by atoms with E-state index in [0.717, 1.165) is 29.1 Å². The second-order valence-corrected chi connectivity index (χ2v) is 6.66. The zero-order valence-electron chi connectivity index (χ0n) is 11.4. The van der Waals surface area contributed by atoms with Crippen LogP contribution in [0.25, 0.3) is 0 Å². The van der Waals surface area contributed by atoms with Crippen LogP contribution in [0.3, 0.4) is 0 Å². The summed E-state index contributed by atoms with van der Waals surface area (Å²) in [5.41, 5.74) is 0. The lowest BCUT2D eigenvalue weighted by Crippen LogP contribution is -2.39. The lowest BCUT2D eigenvalue weighted by atomic mass is 9.86. The molecule has 0 heterocycles. The SMILES string of the molecule is CC1CCC(N(C)CC(CBr)C(C)C)CC1. The molecule has 1 saturated carbocycles. The number of rotatable bonds is 5. The molecule has 0 spiro atoms. The van der Waals surface area contributed by atoms with E-state index in [0.29, 0.717) is 0 Å². The van der Waals surface area contributed by atoms with Gasteiger partial charge in [-0.25, -0.2) is 0 Å². The Labute approximate surface area is 110 Å². The average Bonchev–Trinajstić information content (AvgIpc) is 2.26. The number of hydrogen-bond acceptors (Lipinski definition) is 1. The summed E-state index contributed by atoms with van der Waals surface area (Å²) in [5.74, 6) is 2.54. The third-order valence-electron chi connectivity index (χ3n) is 4.27. The monoisotopic (exact) mass is 289 g/mol. The molecule has 1 unspecified atom stereocenters. The van der Waals surface area contributed by atoms with Crippen molar-refractivity contribution in [2.45, 2.75) is 52.5 Å². The molecule has 0 amide bonds. The minimum absolute atomic E-state index is 0.782. The number of halogens is 1. The highest BCUT2D eigenvalue weighted by Crippen LogP contribution is 2.27. The highest BCUT2D eigenvalue weighted by molar-refractivity contribution is 9.09. The summed E-state index contributed by atoms with van der Waals surface area (Å²) in [6, 6.07) is 0.844. The second kappa shape index (κ2) is 7.00. The molecular weight excluding hydrogens is 262 g/mol. The van der Waals surface area contributed by atoms with E-state index in [2.05, 4.69) is 48.6 Å². The molecule has 0 aromatic rings. The first kappa shape index (κ1) is 14.5. The fraction of sp³-hybridized carbons (Fsp3) is 1.00. The van der Waals surface area contributed by atoms with E-state index in [1.807, 2.05) is 0 Å². The zero-order valence-corrected chi connectivity index (χ0v) is 13.0. The minimum atomic E-state index is 0.782. The Balaban J connectivity index is 2.36. The van der Waals surface area contributed by atoms with Gasteiger partial charge in [0.2, 0.25) is 0 Å². The van der Waals surface area contributed by atoms with Gasteiger partial charge in [0, 0.05) is 17.9 Å². The fourth-order valence-corrected chi connectivity index (χ4v) is 3.59. The van der Waals surface area contributed by atoms with Crippen molar-refractivity contribution in [1.82, 2.24) is 4.90 Å². The molecular formula is C14H28BrN. The molecule has 2 heteroatoms. The molecule has 0 bridgehead atoms. The van der Waals surface area contributed by atoms with E-state index in [4.69, 9.17) is 0 Å². The number of nitrogens with zero attached hydrogens (tertiary/aromatic N) is 1. The van der Waals surface area contributed by atoms with E-state index in [9.17, 15) is 0 Å². The molecule has 1 aliphatic rings. The summed E-state index contributed by atoms with van der Waals surface area (Å²) in [6.07, 6.45) is 5.67. The van der Waals surface area contributed by atoms with Gasteiger partial charge in [-0.2, -0.15) is 0 Å². The standard InChI is InChI=1S/C14H28BrN/c1-11(2)13(9-15)10-16(4)14-7-5-12(3)6-8-14/h11-14H,5-10H2,1-4H3.